The first-order valence-electron chi connectivity index (χ1n) is 20.8. The van der Waals surface area contributed by atoms with Crippen molar-refractivity contribution in [1.82, 2.24) is 29.1 Å². The molecule has 0 aliphatic heterocycles. The van der Waals surface area contributed by atoms with Crippen LogP contribution in [0, 0.1) is 0 Å². The van der Waals surface area contributed by atoms with Gasteiger partial charge in [0, 0.05) is 49.8 Å². The molecule has 12 aromatic rings. The van der Waals surface area contributed by atoms with Gasteiger partial charge in [-0.15, -0.1) is 0 Å². The monoisotopic (exact) mass is 792 g/mol. The van der Waals surface area contributed by atoms with Crippen molar-refractivity contribution < 1.29 is 0 Å². The summed E-state index contributed by atoms with van der Waals surface area (Å²) < 4.78 is 4.78. The molecular weight excluding hydrogens is 757 g/mol. The van der Waals surface area contributed by atoms with Crippen LogP contribution in [0.1, 0.15) is 0 Å². The minimum atomic E-state index is 0.632. The first-order valence-corrected chi connectivity index (χ1v) is 20.8. The van der Waals surface area contributed by atoms with Gasteiger partial charge < -0.3 is 9.13 Å². The molecule has 62 heavy (non-hydrogen) atoms. The fraction of sp³-hybridized carbons (Fsp3) is 0. The Balaban J connectivity index is 1.01. The summed E-state index contributed by atoms with van der Waals surface area (Å²) in [6, 6.07) is 76.1. The van der Waals surface area contributed by atoms with Crippen molar-refractivity contribution in [2.45, 2.75) is 0 Å². The molecule has 8 aromatic carbocycles. The van der Waals surface area contributed by atoms with Crippen molar-refractivity contribution in [2.75, 3.05) is 0 Å². The molecular formula is C56H36N6. The first-order chi connectivity index (χ1) is 30.8. The molecule has 0 aliphatic carbocycles. The molecule has 4 aromatic heterocycles. The summed E-state index contributed by atoms with van der Waals surface area (Å²) in [6.45, 7) is 0. The van der Waals surface area contributed by atoms with Crippen molar-refractivity contribution in [3.8, 4) is 67.9 Å². The van der Waals surface area contributed by atoms with Crippen LogP contribution in [0.3, 0.4) is 0 Å². The van der Waals surface area contributed by atoms with E-state index in [0.29, 0.717) is 17.5 Å². The lowest BCUT2D eigenvalue weighted by Crippen LogP contribution is -2.00. The Morgan fingerprint density at radius 2 is 0.645 bits per heavy atom. The van der Waals surface area contributed by atoms with Gasteiger partial charge in [0.05, 0.1) is 33.3 Å². The van der Waals surface area contributed by atoms with E-state index in [1.54, 1.807) is 0 Å². The molecule has 0 spiro atoms. The number of rotatable bonds is 7. The van der Waals surface area contributed by atoms with E-state index in [1.807, 2.05) is 60.7 Å². The van der Waals surface area contributed by atoms with E-state index in [2.05, 4.69) is 167 Å². The van der Waals surface area contributed by atoms with Crippen LogP contribution in [0.5, 0.6) is 0 Å². The summed E-state index contributed by atoms with van der Waals surface area (Å²) in [7, 11) is 0. The highest BCUT2D eigenvalue weighted by atomic mass is 15.0. The van der Waals surface area contributed by atoms with Gasteiger partial charge >= 0.3 is 0 Å². The van der Waals surface area contributed by atoms with Gasteiger partial charge in [-0.2, -0.15) is 0 Å². The van der Waals surface area contributed by atoms with Crippen molar-refractivity contribution >= 4 is 43.7 Å². The molecule has 0 radical (unpaired) electrons. The molecule has 4 heterocycles. The van der Waals surface area contributed by atoms with Gasteiger partial charge in [-0.05, 0) is 47.5 Å². The number of hydrogen-bond acceptors (Lipinski definition) is 4. The largest absolute Gasteiger partial charge is 0.307 e. The summed E-state index contributed by atoms with van der Waals surface area (Å²) in [4.78, 5) is 20.4. The van der Waals surface area contributed by atoms with Crippen molar-refractivity contribution in [3.63, 3.8) is 0 Å². The number of fused-ring (bicyclic) bond motifs is 7. The average Bonchev–Trinajstić information content (AvgIpc) is 3.88. The third-order valence-electron chi connectivity index (χ3n) is 11.8. The zero-order chi connectivity index (χ0) is 41.0. The molecule has 0 aliphatic rings. The van der Waals surface area contributed by atoms with E-state index in [-0.39, 0.29) is 0 Å². The Morgan fingerprint density at radius 3 is 1.16 bits per heavy atom. The summed E-state index contributed by atoms with van der Waals surface area (Å²) in [6.07, 6.45) is 0. The maximum atomic E-state index is 5.67. The highest BCUT2D eigenvalue weighted by Crippen LogP contribution is 2.45. The molecule has 0 fully saturated rings. The van der Waals surface area contributed by atoms with Gasteiger partial charge in [0.2, 0.25) is 0 Å². The van der Waals surface area contributed by atoms with Gasteiger partial charge in [0.15, 0.2) is 17.5 Å². The second-order valence-corrected chi connectivity index (χ2v) is 15.5. The summed E-state index contributed by atoms with van der Waals surface area (Å²) >= 11 is 0. The quantitative estimate of drug-likeness (QED) is 0.161. The van der Waals surface area contributed by atoms with Crippen LogP contribution in [0.25, 0.3) is 112 Å². The second-order valence-electron chi connectivity index (χ2n) is 15.5. The normalized spacial score (nSPS) is 11.5. The first kappa shape index (κ1) is 35.5. The zero-order valence-electron chi connectivity index (χ0n) is 33.5. The van der Waals surface area contributed by atoms with E-state index >= 15 is 0 Å². The summed E-state index contributed by atoms with van der Waals surface area (Å²) in [5.41, 5.74) is 14.6. The lowest BCUT2D eigenvalue weighted by Gasteiger charge is -2.13. The fourth-order valence-corrected chi connectivity index (χ4v) is 8.90. The Morgan fingerprint density at radius 1 is 0.274 bits per heavy atom. The molecule has 290 valence electrons. The molecule has 0 saturated heterocycles. The molecule has 0 atom stereocenters. The van der Waals surface area contributed by atoms with Crippen LogP contribution in [0.15, 0.2) is 218 Å². The maximum absolute atomic E-state index is 5.67. The van der Waals surface area contributed by atoms with Crippen LogP contribution < -0.4 is 0 Å². The Labute approximate surface area is 357 Å². The maximum Gasteiger partial charge on any atom is 0.164 e. The standard InChI is InChI=1S/C56H36N6/c1-5-17-40(18-6-1)54-58-55(41-19-7-2-8-20-41)60-56(59-54)42-35-31-38(32-36-42)37-29-33-39(34-30-37)50-52-49(45-25-13-15-27-47(45)61(52)43-21-9-3-10-22-43)53-51(57-50)46-26-14-16-28-48(46)62(53)44-23-11-4-12-24-44/h1-36H. The van der Waals surface area contributed by atoms with Crippen LogP contribution >= 0.6 is 0 Å². The molecule has 0 bridgehead atoms. The van der Waals surface area contributed by atoms with Gasteiger partial charge in [-0.25, -0.2) is 19.9 Å². The molecule has 0 unspecified atom stereocenters. The molecule has 0 amide bonds. The number of pyridine rings is 1. The minimum absolute atomic E-state index is 0.632. The zero-order valence-corrected chi connectivity index (χ0v) is 33.5. The summed E-state index contributed by atoms with van der Waals surface area (Å²) in [5.74, 6) is 1.92. The van der Waals surface area contributed by atoms with E-state index in [1.165, 1.54) is 10.8 Å². The predicted octanol–water partition coefficient (Wildman–Crippen LogP) is 13.8. The van der Waals surface area contributed by atoms with E-state index in [4.69, 9.17) is 19.9 Å². The lowest BCUT2D eigenvalue weighted by molar-refractivity contribution is 1.07. The van der Waals surface area contributed by atoms with Gasteiger partial charge in [-0.1, -0.05) is 182 Å². The fourth-order valence-electron chi connectivity index (χ4n) is 8.90. The van der Waals surface area contributed by atoms with E-state index in [0.717, 1.165) is 83.4 Å². The van der Waals surface area contributed by atoms with Gasteiger partial charge in [0.1, 0.15) is 0 Å². The molecule has 6 nitrogen and oxygen atoms in total. The number of aromatic nitrogens is 6. The Hall–Kier alpha value is -8.48. The van der Waals surface area contributed by atoms with Crippen molar-refractivity contribution in [2.24, 2.45) is 0 Å². The third kappa shape index (κ3) is 5.88. The topological polar surface area (TPSA) is 61.4 Å². The predicted molar refractivity (Wildman–Crippen MR) is 253 cm³/mol. The molecule has 0 N–H and O–H groups in total. The lowest BCUT2D eigenvalue weighted by atomic mass is 10.00. The number of para-hydroxylation sites is 4. The Kier molecular flexibility index (Phi) is 8.38. The molecule has 0 saturated carbocycles. The smallest absolute Gasteiger partial charge is 0.164 e. The highest BCUT2D eigenvalue weighted by Gasteiger charge is 2.25. The SMILES string of the molecule is c1ccc(-c2nc(-c3ccccc3)nc(-c3ccc(-c4ccc(-c5nc6c7ccccc7n(-c7ccccc7)c6c6c7ccccc7n(-c7ccccc7)c56)cc4)cc3)n2)cc1. The second kappa shape index (κ2) is 14.7. The van der Waals surface area contributed by atoms with Crippen LogP contribution in [-0.2, 0) is 0 Å². The van der Waals surface area contributed by atoms with Crippen molar-refractivity contribution in [3.05, 3.63) is 218 Å². The van der Waals surface area contributed by atoms with Crippen molar-refractivity contribution in [1.29, 1.82) is 0 Å². The van der Waals surface area contributed by atoms with Crippen LogP contribution in [-0.4, -0.2) is 29.1 Å². The van der Waals surface area contributed by atoms with Gasteiger partial charge in [0.25, 0.3) is 0 Å². The molecule has 6 heteroatoms. The minimum Gasteiger partial charge on any atom is -0.307 e. The number of nitrogens with zero attached hydrogens (tertiary/aromatic N) is 6. The Bertz CT molecular complexity index is 3520. The van der Waals surface area contributed by atoms with Crippen LogP contribution in [0.4, 0.5) is 0 Å². The third-order valence-corrected chi connectivity index (χ3v) is 11.8. The number of hydrogen-bond donors (Lipinski definition) is 0. The number of benzene rings is 8. The van der Waals surface area contributed by atoms with Gasteiger partial charge in [-0.3, -0.25) is 0 Å². The van der Waals surface area contributed by atoms with Crippen LogP contribution in [0.2, 0.25) is 0 Å². The molecule has 12 rings (SSSR count). The average molecular weight is 793 g/mol. The summed E-state index contributed by atoms with van der Waals surface area (Å²) in [5, 5.41) is 3.47. The highest BCUT2D eigenvalue weighted by molar-refractivity contribution is 6.27. The van der Waals surface area contributed by atoms with E-state index < -0.39 is 0 Å². The van der Waals surface area contributed by atoms with E-state index in [9.17, 15) is 0 Å².